The second-order valence-corrected chi connectivity index (χ2v) is 8.19. The maximum absolute atomic E-state index is 13.1. The van der Waals surface area contributed by atoms with Crippen LogP contribution in [0.3, 0.4) is 0 Å². The third-order valence-electron chi connectivity index (χ3n) is 5.76. The lowest BCUT2D eigenvalue weighted by atomic mass is 9.93. The maximum Gasteiger partial charge on any atom is 0.295 e. The summed E-state index contributed by atoms with van der Waals surface area (Å²) >= 11 is 0. The fourth-order valence-corrected chi connectivity index (χ4v) is 3.93. The first-order valence-electron chi connectivity index (χ1n) is 10.4. The zero-order valence-electron chi connectivity index (χ0n) is 18.8. The molecule has 1 aliphatic heterocycles. The second kappa shape index (κ2) is 9.35. The highest BCUT2D eigenvalue weighted by Crippen LogP contribution is 2.42. The van der Waals surface area contributed by atoms with Crippen molar-refractivity contribution in [3.05, 3.63) is 70.3 Å². The topological polar surface area (TPSA) is 70.1 Å². The van der Waals surface area contributed by atoms with Gasteiger partial charge in [0.15, 0.2) is 0 Å². The van der Waals surface area contributed by atoms with Crippen molar-refractivity contribution in [3.8, 4) is 5.75 Å². The van der Waals surface area contributed by atoms with Crippen LogP contribution in [-0.4, -0.2) is 60.9 Å². The Labute approximate surface area is 183 Å². The van der Waals surface area contributed by atoms with Crippen LogP contribution in [0, 0.1) is 13.8 Å². The van der Waals surface area contributed by atoms with Crippen molar-refractivity contribution in [1.82, 2.24) is 9.80 Å². The second-order valence-electron chi connectivity index (χ2n) is 8.19. The molecule has 0 saturated carbocycles. The van der Waals surface area contributed by atoms with Crippen molar-refractivity contribution in [2.45, 2.75) is 26.3 Å². The molecule has 1 atom stereocenters. The largest absolute Gasteiger partial charge is 0.507 e. The highest BCUT2D eigenvalue weighted by atomic mass is 16.5. The standard InChI is InChI=1S/C25H30N2O4/c1-16-11-12-18(15-17(16)2)23(28)21-22(19-9-6-7-10-20(19)31-5)27(25(30)24(21)29)14-8-13-26(3)4/h6-7,9-12,15,22,28H,8,13-14H2,1-5H3/b23-21+. The Hall–Kier alpha value is -3.12. The van der Waals surface area contributed by atoms with Crippen LogP contribution in [-0.2, 0) is 9.59 Å². The molecule has 0 aliphatic carbocycles. The van der Waals surface area contributed by atoms with Gasteiger partial charge in [-0.15, -0.1) is 0 Å². The van der Waals surface area contributed by atoms with Gasteiger partial charge in [-0.3, -0.25) is 9.59 Å². The van der Waals surface area contributed by atoms with Gasteiger partial charge in [0.1, 0.15) is 11.5 Å². The first-order valence-corrected chi connectivity index (χ1v) is 10.4. The number of benzene rings is 2. The van der Waals surface area contributed by atoms with Crippen molar-refractivity contribution in [1.29, 1.82) is 0 Å². The molecule has 1 N–H and O–H groups in total. The number of aliphatic hydroxyl groups excluding tert-OH is 1. The maximum atomic E-state index is 13.1. The molecule has 1 fully saturated rings. The number of hydrogen-bond donors (Lipinski definition) is 1. The summed E-state index contributed by atoms with van der Waals surface area (Å²) in [6, 6.07) is 12.1. The minimum Gasteiger partial charge on any atom is -0.507 e. The summed E-state index contributed by atoms with van der Waals surface area (Å²) in [6.07, 6.45) is 0.704. The number of rotatable bonds is 7. The van der Waals surface area contributed by atoms with Crippen LogP contribution in [0.5, 0.6) is 5.75 Å². The van der Waals surface area contributed by atoms with Gasteiger partial charge in [0.2, 0.25) is 0 Å². The zero-order valence-corrected chi connectivity index (χ0v) is 18.8. The third-order valence-corrected chi connectivity index (χ3v) is 5.76. The van der Waals surface area contributed by atoms with Crippen LogP contribution < -0.4 is 4.74 Å². The lowest BCUT2D eigenvalue weighted by Crippen LogP contribution is -2.32. The Morgan fingerprint density at radius 1 is 1.10 bits per heavy atom. The van der Waals surface area contributed by atoms with E-state index in [1.807, 2.05) is 63.2 Å². The van der Waals surface area contributed by atoms with Gasteiger partial charge in [0.05, 0.1) is 18.7 Å². The minimum absolute atomic E-state index is 0.0996. The van der Waals surface area contributed by atoms with E-state index >= 15 is 0 Å². The van der Waals surface area contributed by atoms with Gasteiger partial charge in [0.25, 0.3) is 11.7 Å². The molecule has 1 heterocycles. The number of Topliss-reactive ketones (excluding diaryl/α,β-unsaturated/α-hetero) is 1. The molecule has 0 spiro atoms. The fourth-order valence-electron chi connectivity index (χ4n) is 3.93. The zero-order chi connectivity index (χ0) is 22.7. The number of methoxy groups -OCH3 is 1. The number of nitrogens with zero attached hydrogens (tertiary/aromatic N) is 2. The van der Waals surface area contributed by atoms with Crippen LogP contribution in [0.2, 0.25) is 0 Å². The molecule has 6 nitrogen and oxygen atoms in total. The Morgan fingerprint density at radius 2 is 1.81 bits per heavy atom. The van der Waals surface area contributed by atoms with Crippen LogP contribution >= 0.6 is 0 Å². The number of para-hydroxylation sites is 1. The average Bonchev–Trinajstić information content (AvgIpc) is 2.99. The van der Waals surface area contributed by atoms with E-state index in [-0.39, 0.29) is 11.3 Å². The Morgan fingerprint density at radius 3 is 2.45 bits per heavy atom. The SMILES string of the molecule is COc1ccccc1C1/C(=C(\O)c2ccc(C)c(C)c2)C(=O)C(=O)N1CCCN(C)C. The molecule has 1 unspecified atom stereocenters. The Bertz CT molecular complexity index is 1030. The fraction of sp³-hybridized carbons (Fsp3) is 0.360. The smallest absolute Gasteiger partial charge is 0.295 e. The van der Waals surface area contributed by atoms with E-state index in [1.54, 1.807) is 24.1 Å². The highest BCUT2D eigenvalue weighted by Gasteiger charge is 2.46. The van der Waals surface area contributed by atoms with E-state index in [0.29, 0.717) is 29.8 Å². The van der Waals surface area contributed by atoms with Gasteiger partial charge in [-0.2, -0.15) is 0 Å². The molecule has 0 aromatic heterocycles. The van der Waals surface area contributed by atoms with E-state index in [1.165, 1.54) is 0 Å². The number of amides is 1. The first-order chi connectivity index (χ1) is 14.8. The number of ketones is 1. The van der Waals surface area contributed by atoms with Gasteiger partial charge in [-0.05, 0) is 64.2 Å². The number of hydrogen-bond acceptors (Lipinski definition) is 5. The van der Waals surface area contributed by atoms with E-state index < -0.39 is 17.7 Å². The van der Waals surface area contributed by atoms with Crippen molar-refractivity contribution in [3.63, 3.8) is 0 Å². The van der Waals surface area contributed by atoms with Crippen LogP contribution in [0.4, 0.5) is 0 Å². The molecule has 31 heavy (non-hydrogen) atoms. The number of ether oxygens (including phenoxy) is 1. The summed E-state index contributed by atoms with van der Waals surface area (Å²) in [6.45, 7) is 5.11. The third kappa shape index (κ3) is 4.49. The monoisotopic (exact) mass is 422 g/mol. The van der Waals surface area contributed by atoms with Gasteiger partial charge in [-0.1, -0.05) is 30.3 Å². The van der Waals surface area contributed by atoms with Gasteiger partial charge in [-0.25, -0.2) is 0 Å². The predicted molar refractivity (Wildman–Crippen MR) is 121 cm³/mol. The molecule has 164 valence electrons. The quantitative estimate of drug-likeness (QED) is 0.419. The molecular formula is C25H30N2O4. The summed E-state index contributed by atoms with van der Waals surface area (Å²) in [5, 5.41) is 11.2. The van der Waals surface area contributed by atoms with E-state index in [4.69, 9.17) is 4.74 Å². The van der Waals surface area contributed by atoms with Crippen LogP contribution in [0.1, 0.15) is 34.7 Å². The predicted octanol–water partition coefficient (Wildman–Crippen LogP) is 3.69. The molecule has 0 bridgehead atoms. The summed E-state index contributed by atoms with van der Waals surface area (Å²) < 4.78 is 5.53. The summed E-state index contributed by atoms with van der Waals surface area (Å²) in [4.78, 5) is 29.7. The molecule has 0 radical (unpaired) electrons. The summed E-state index contributed by atoms with van der Waals surface area (Å²) in [5.41, 5.74) is 3.39. The van der Waals surface area contributed by atoms with E-state index in [0.717, 1.165) is 17.7 Å². The van der Waals surface area contributed by atoms with Crippen molar-refractivity contribution < 1.29 is 19.4 Å². The summed E-state index contributed by atoms with van der Waals surface area (Å²) in [5.74, 6) is -0.859. The van der Waals surface area contributed by atoms with Crippen molar-refractivity contribution >= 4 is 17.4 Å². The van der Waals surface area contributed by atoms with Crippen molar-refractivity contribution in [2.24, 2.45) is 0 Å². The van der Waals surface area contributed by atoms with Gasteiger partial charge in [0, 0.05) is 17.7 Å². The van der Waals surface area contributed by atoms with Gasteiger partial charge < -0.3 is 19.6 Å². The normalized spacial score (nSPS) is 18.1. The van der Waals surface area contributed by atoms with Crippen LogP contribution in [0.25, 0.3) is 5.76 Å². The number of carbonyl (C=O) groups excluding carboxylic acids is 2. The lowest BCUT2D eigenvalue weighted by molar-refractivity contribution is -0.140. The van der Waals surface area contributed by atoms with Crippen LogP contribution in [0.15, 0.2) is 48.0 Å². The molecular weight excluding hydrogens is 392 g/mol. The van der Waals surface area contributed by atoms with Crippen molar-refractivity contribution in [2.75, 3.05) is 34.3 Å². The Balaban J connectivity index is 2.16. The molecule has 2 aromatic rings. The number of aliphatic hydroxyl groups is 1. The van der Waals surface area contributed by atoms with Gasteiger partial charge >= 0.3 is 0 Å². The number of carbonyl (C=O) groups is 2. The first kappa shape index (κ1) is 22.6. The molecule has 1 saturated heterocycles. The van der Waals surface area contributed by atoms with E-state index in [9.17, 15) is 14.7 Å². The lowest BCUT2D eigenvalue weighted by Gasteiger charge is -2.27. The molecule has 1 aliphatic rings. The molecule has 6 heteroatoms. The molecule has 3 rings (SSSR count). The Kier molecular flexibility index (Phi) is 6.81. The minimum atomic E-state index is -0.708. The number of likely N-dealkylation sites (tertiary alicyclic amines) is 1. The van der Waals surface area contributed by atoms with E-state index in [2.05, 4.69) is 0 Å². The highest BCUT2D eigenvalue weighted by molar-refractivity contribution is 6.46. The average molecular weight is 423 g/mol. The molecule has 1 amide bonds. The molecule has 2 aromatic carbocycles. The summed E-state index contributed by atoms with van der Waals surface area (Å²) in [7, 11) is 5.48. The number of aryl methyl sites for hydroxylation is 2.